The van der Waals surface area contributed by atoms with E-state index in [0.717, 1.165) is 23.3 Å². The van der Waals surface area contributed by atoms with Crippen LogP contribution in [0.1, 0.15) is 47.5 Å². The molecule has 4 heterocycles. The van der Waals surface area contributed by atoms with E-state index in [0.29, 0.717) is 59.3 Å². The summed E-state index contributed by atoms with van der Waals surface area (Å²) in [5.74, 6) is -0.266. The summed E-state index contributed by atoms with van der Waals surface area (Å²) in [4.78, 5) is 58.3. The molecule has 0 saturated carbocycles. The van der Waals surface area contributed by atoms with Crippen molar-refractivity contribution >= 4 is 56.6 Å². The molecule has 1 atom stereocenters. The average molecular weight is 541 g/mol. The molecule has 1 aromatic carbocycles. The number of thiophene rings is 1. The molecular formula is C26H28N4O5S2. The fraction of sp³-hybridized carbons (Fsp3) is 0.423. The van der Waals surface area contributed by atoms with E-state index >= 15 is 0 Å². The topological polar surface area (TPSA) is 111 Å². The molecule has 1 saturated heterocycles. The monoisotopic (exact) mass is 540 g/mol. The van der Waals surface area contributed by atoms with Gasteiger partial charge in [-0.1, -0.05) is 23.9 Å². The van der Waals surface area contributed by atoms with Crippen molar-refractivity contribution in [2.45, 2.75) is 57.5 Å². The maximum Gasteiger partial charge on any atom is 0.263 e. The number of ether oxygens (including phenoxy) is 1. The Kier molecular flexibility index (Phi) is 7.45. The number of hydrogen-bond acceptors (Lipinski definition) is 8. The van der Waals surface area contributed by atoms with Gasteiger partial charge in [-0.05, 0) is 43.9 Å². The van der Waals surface area contributed by atoms with Gasteiger partial charge in [0.15, 0.2) is 10.9 Å². The van der Waals surface area contributed by atoms with Crippen molar-refractivity contribution in [3.8, 4) is 0 Å². The van der Waals surface area contributed by atoms with Gasteiger partial charge in [0.05, 0.1) is 30.3 Å². The van der Waals surface area contributed by atoms with Gasteiger partial charge in [0.2, 0.25) is 11.8 Å². The summed E-state index contributed by atoms with van der Waals surface area (Å²) in [6, 6.07) is 6.79. The van der Waals surface area contributed by atoms with Crippen molar-refractivity contribution in [1.29, 1.82) is 0 Å². The first kappa shape index (κ1) is 25.6. The molecule has 5 rings (SSSR count). The lowest BCUT2D eigenvalue weighted by Gasteiger charge is -2.25. The normalized spacial score (nSPS) is 17.1. The predicted octanol–water partition coefficient (Wildman–Crippen LogP) is 3.48. The molecule has 1 fully saturated rings. The number of carbonyl (C=O) groups excluding carboxylic acids is 3. The molecule has 2 aromatic heterocycles. The van der Waals surface area contributed by atoms with Gasteiger partial charge in [-0.3, -0.25) is 23.7 Å². The van der Waals surface area contributed by atoms with Crippen LogP contribution >= 0.6 is 23.1 Å². The largest absolute Gasteiger partial charge is 0.376 e. The number of hydrogen-bond donors (Lipinski definition) is 1. The highest BCUT2D eigenvalue weighted by atomic mass is 32.2. The van der Waals surface area contributed by atoms with Gasteiger partial charge >= 0.3 is 0 Å². The summed E-state index contributed by atoms with van der Waals surface area (Å²) < 4.78 is 7.45. The van der Waals surface area contributed by atoms with Crippen molar-refractivity contribution in [3.05, 3.63) is 50.6 Å². The van der Waals surface area contributed by atoms with E-state index in [-0.39, 0.29) is 35.0 Å². The molecule has 1 N–H and O–H groups in total. The Morgan fingerprint density at radius 3 is 2.84 bits per heavy atom. The van der Waals surface area contributed by atoms with Gasteiger partial charge in [-0.2, -0.15) is 0 Å². The molecule has 0 radical (unpaired) electrons. The molecule has 11 heteroatoms. The Morgan fingerprint density at radius 1 is 1.27 bits per heavy atom. The molecule has 2 aliphatic heterocycles. The number of thioether (sulfide) groups is 1. The number of anilines is 1. The summed E-state index contributed by atoms with van der Waals surface area (Å²) in [5.41, 5.74) is 1.93. The van der Waals surface area contributed by atoms with E-state index in [4.69, 9.17) is 9.72 Å². The zero-order chi connectivity index (χ0) is 26.1. The molecule has 1 unspecified atom stereocenters. The predicted molar refractivity (Wildman–Crippen MR) is 143 cm³/mol. The maximum atomic E-state index is 13.8. The Hall–Kier alpha value is -3.02. The molecule has 194 valence electrons. The zero-order valence-corrected chi connectivity index (χ0v) is 22.4. The Balaban J connectivity index is 1.42. The number of carbonyl (C=O) groups is 3. The minimum Gasteiger partial charge on any atom is -0.376 e. The van der Waals surface area contributed by atoms with Crippen LogP contribution < -0.4 is 10.9 Å². The van der Waals surface area contributed by atoms with Crippen molar-refractivity contribution in [2.24, 2.45) is 0 Å². The SMILES string of the molecule is CC(=O)c1cccc(NC(=O)CSc2nc3sc4c(c3c(=O)n2CC2CCCO2)CCN(C(C)=O)C4)c1. The molecule has 3 aromatic rings. The molecule has 0 aliphatic carbocycles. The number of fused-ring (bicyclic) bond motifs is 3. The van der Waals surface area contributed by atoms with Crippen molar-refractivity contribution in [3.63, 3.8) is 0 Å². The minimum atomic E-state index is -0.258. The third-order valence-corrected chi connectivity index (χ3v) is 8.75. The van der Waals surface area contributed by atoms with Gasteiger partial charge < -0.3 is 15.0 Å². The lowest BCUT2D eigenvalue weighted by Crippen LogP contribution is -2.34. The van der Waals surface area contributed by atoms with Gasteiger partial charge in [0.25, 0.3) is 5.56 Å². The number of benzene rings is 1. The van der Waals surface area contributed by atoms with Crippen molar-refractivity contribution in [2.75, 3.05) is 24.2 Å². The second-order valence-corrected chi connectivity index (χ2v) is 11.3. The molecule has 2 amide bonds. The molecular weight excluding hydrogens is 512 g/mol. The van der Waals surface area contributed by atoms with Crippen LogP contribution in [0, 0.1) is 0 Å². The first-order valence-corrected chi connectivity index (χ1v) is 14.1. The lowest BCUT2D eigenvalue weighted by atomic mass is 10.1. The number of ketones is 1. The molecule has 9 nitrogen and oxygen atoms in total. The fourth-order valence-electron chi connectivity index (χ4n) is 4.73. The summed E-state index contributed by atoms with van der Waals surface area (Å²) in [5, 5.41) is 3.92. The van der Waals surface area contributed by atoms with E-state index in [1.54, 1.807) is 40.7 Å². The summed E-state index contributed by atoms with van der Waals surface area (Å²) in [6.07, 6.45) is 2.38. The highest BCUT2D eigenvalue weighted by molar-refractivity contribution is 7.99. The van der Waals surface area contributed by atoms with Crippen LogP contribution in [-0.2, 0) is 33.8 Å². The zero-order valence-electron chi connectivity index (χ0n) is 20.7. The second-order valence-electron chi connectivity index (χ2n) is 9.29. The summed E-state index contributed by atoms with van der Waals surface area (Å²) in [7, 11) is 0. The lowest BCUT2D eigenvalue weighted by molar-refractivity contribution is -0.129. The van der Waals surface area contributed by atoms with E-state index in [2.05, 4.69) is 5.32 Å². The van der Waals surface area contributed by atoms with E-state index in [9.17, 15) is 19.2 Å². The molecule has 0 bridgehead atoms. The second kappa shape index (κ2) is 10.8. The first-order valence-electron chi connectivity index (χ1n) is 12.3. The van der Waals surface area contributed by atoms with Crippen molar-refractivity contribution < 1.29 is 19.1 Å². The highest BCUT2D eigenvalue weighted by Crippen LogP contribution is 2.34. The van der Waals surface area contributed by atoms with Gasteiger partial charge in [0.1, 0.15) is 4.83 Å². The molecule has 37 heavy (non-hydrogen) atoms. The van der Waals surface area contributed by atoms with Crippen LogP contribution in [-0.4, -0.2) is 57.1 Å². The Bertz CT molecular complexity index is 1440. The minimum absolute atomic E-state index is 0.0166. The van der Waals surface area contributed by atoms with E-state index in [1.807, 2.05) is 0 Å². The van der Waals surface area contributed by atoms with Gasteiger partial charge in [-0.25, -0.2) is 4.98 Å². The molecule has 0 spiro atoms. The van der Waals surface area contributed by atoms with Crippen LogP contribution in [0.5, 0.6) is 0 Å². The van der Waals surface area contributed by atoms with Crippen LogP contribution in [0.4, 0.5) is 5.69 Å². The first-order chi connectivity index (χ1) is 17.8. The van der Waals surface area contributed by atoms with E-state index in [1.165, 1.54) is 30.0 Å². The van der Waals surface area contributed by atoms with Crippen LogP contribution in [0.25, 0.3) is 10.2 Å². The highest BCUT2D eigenvalue weighted by Gasteiger charge is 2.27. The fourth-order valence-corrected chi connectivity index (χ4v) is 6.82. The Morgan fingerprint density at radius 2 is 2.11 bits per heavy atom. The van der Waals surface area contributed by atoms with E-state index < -0.39 is 0 Å². The van der Waals surface area contributed by atoms with Gasteiger partial charge in [0, 0.05) is 36.2 Å². The van der Waals surface area contributed by atoms with Crippen LogP contribution in [0.3, 0.4) is 0 Å². The number of aromatic nitrogens is 2. The third-order valence-electron chi connectivity index (χ3n) is 6.67. The maximum absolute atomic E-state index is 13.8. The average Bonchev–Trinajstić information content (AvgIpc) is 3.51. The summed E-state index contributed by atoms with van der Waals surface area (Å²) >= 11 is 2.65. The Labute approximate surface area is 222 Å². The smallest absolute Gasteiger partial charge is 0.263 e. The van der Waals surface area contributed by atoms with Gasteiger partial charge in [-0.15, -0.1) is 11.3 Å². The number of nitrogens with one attached hydrogen (secondary N) is 1. The van der Waals surface area contributed by atoms with Crippen molar-refractivity contribution in [1.82, 2.24) is 14.5 Å². The third kappa shape index (κ3) is 5.48. The number of nitrogens with zero attached hydrogens (tertiary/aromatic N) is 3. The van der Waals surface area contributed by atoms with Crippen LogP contribution in [0.15, 0.2) is 34.2 Å². The van der Waals surface area contributed by atoms with Crippen LogP contribution in [0.2, 0.25) is 0 Å². The standard InChI is InChI=1S/C26H28N4O5S2/c1-15(31)17-5-3-6-18(11-17)27-22(33)14-36-26-28-24-23(25(34)30(26)12-19-7-4-10-35-19)20-8-9-29(16(2)32)13-21(20)37-24/h3,5-6,11,19H,4,7-10,12-14H2,1-2H3,(H,27,33). The summed E-state index contributed by atoms with van der Waals surface area (Å²) in [6.45, 7) is 5.17. The quantitative estimate of drug-likeness (QED) is 0.278. The number of amides is 2. The molecule has 2 aliphatic rings. The number of rotatable bonds is 7. The number of Topliss-reactive ketones (excluding diaryl/α,β-unsaturated/α-hetero) is 1.